The summed E-state index contributed by atoms with van der Waals surface area (Å²) in [6, 6.07) is 3.51. The maximum absolute atomic E-state index is 12.3. The summed E-state index contributed by atoms with van der Waals surface area (Å²) in [6.45, 7) is 7.76. The molecule has 0 aromatic carbocycles. The normalized spacial score (nSPS) is 19.0. The van der Waals surface area contributed by atoms with Gasteiger partial charge in [-0.25, -0.2) is 9.78 Å². The standard InChI is InChI=1S/C24H33N3O6/c1-5-8-14(2)32-24(30)26-21-16(4)27-33-22(21)19-11-12-20(15(3)25-19)31-13-17-9-6-7-10-18(17)23(28)29/h11-12,14,17-18H,5-10,13H2,1-4H3,(H,26,30)(H,28,29)/t14-,17-,18+/m1/s1. The largest absolute Gasteiger partial charge is 0.491 e. The fourth-order valence-corrected chi connectivity index (χ4v) is 4.23. The summed E-state index contributed by atoms with van der Waals surface area (Å²) in [5.41, 5.74) is 2.06. The van der Waals surface area contributed by atoms with Crippen molar-refractivity contribution in [2.75, 3.05) is 11.9 Å². The molecule has 0 aliphatic heterocycles. The van der Waals surface area contributed by atoms with Gasteiger partial charge in [0.15, 0.2) is 0 Å². The lowest BCUT2D eigenvalue weighted by Crippen LogP contribution is -2.31. The molecule has 3 rings (SSSR count). The first-order valence-electron chi connectivity index (χ1n) is 11.6. The van der Waals surface area contributed by atoms with Crippen molar-refractivity contribution in [3.63, 3.8) is 0 Å². The van der Waals surface area contributed by atoms with Crippen molar-refractivity contribution < 1.29 is 28.7 Å². The van der Waals surface area contributed by atoms with E-state index in [2.05, 4.69) is 15.5 Å². The number of carboxylic acid groups (broad SMARTS) is 1. The van der Waals surface area contributed by atoms with Crippen molar-refractivity contribution in [2.24, 2.45) is 11.8 Å². The topological polar surface area (TPSA) is 124 Å². The summed E-state index contributed by atoms with van der Waals surface area (Å²) in [4.78, 5) is 28.4. The van der Waals surface area contributed by atoms with Crippen LogP contribution in [0.3, 0.4) is 0 Å². The number of nitrogens with one attached hydrogen (secondary N) is 1. The van der Waals surface area contributed by atoms with E-state index in [0.29, 0.717) is 47.3 Å². The molecule has 3 atom stereocenters. The van der Waals surface area contributed by atoms with Crippen LogP contribution in [0.25, 0.3) is 11.5 Å². The summed E-state index contributed by atoms with van der Waals surface area (Å²) >= 11 is 0. The number of anilines is 1. The fraction of sp³-hybridized carbons (Fsp3) is 0.583. The van der Waals surface area contributed by atoms with Crippen molar-refractivity contribution >= 4 is 17.7 Å². The zero-order valence-electron chi connectivity index (χ0n) is 19.7. The minimum absolute atomic E-state index is 0.0100. The zero-order chi connectivity index (χ0) is 24.0. The van der Waals surface area contributed by atoms with E-state index < -0.39 is 12.1 Å². The average Bonchev–Trinajstić information content (AvgIpc) is 3.13. The van der Waals surface area contributed by atoms with Gasteiger partial charge in [0.1, 0.15) is 28.9 Å². The van der Waals surface area contributed by atoms with E-state index in [-0.39, 0.29) is 17.9 Å². The van der Waals surface area contributed by atoms with Gasteiger partial charge in [-0.15, -0.1) is 0 Å². The molecule has 1 amide bonds. The Morgan fingerprint density at radius 3 is 2.70 bits per heavy atom. The molecule has 180 valence electrons. The number of aliphatic carboxylic acids is 1. The molecule has 0 unspecified atom stereocenters. The van der Waals surface area contributed by atoms with E-state index in [0.717, 1.165) is 32.1 Å². The second-order valence-corrected chi connectivity index (χ2v) is 8.68. The number of hydrogen-bond donors (Lipinski definition) is 2. The van der Waals surface area contributed by atoms with Gasteiger partial charge in [0.2, 0.25) is 5.76 Å². The van der Waals surface area contributed by atoms with Crippen molar-refractivity contribution in [1.29, 1.82) is 0 Å². The van der Waals surface area contributed by atoms with Gasteiger partial charge >= 0.3 is 12.1 Å². The first-order chi connectivity index (χ1) is 15.8. The van der Waals surface area contributed by atoms with Gasteiger partial charge in [0.25, 0.3) is 0 Å². The molecule has 0 radical (unpaired) electrons. The summed E-state index contributed by atoms with van der Waals surface area (Å²) in [5, 5.41) is 16.1. The number of aryl methyl sites for hydroxylation is 2. The molecule has 33 heavy (non-hydrogen) atoms. The van der Waals surface area contributed by atoms with Gasteiger partial charge < -0.3 is 19.1 Å². The second-order valence-electron chi connectivity index (χ2n) is 8.68. The Morgan fingerprint density at radius 1 is 1.24 bits per heavy atom. The first kappa shape index (κ1) is 24.5. The highest BCUT2D eigenvalue weighted by molar-refractivity contribution is 5.90. The van der Waals surface area contributed by atoms with Gasteiger partial charge in [-0.3, -0.25) is 10.1 Å². The van der Waals surface area contributed by atoms with Crippen LogP contribution in [0.2, 0.25) is 0 Å². The summed E-state index contributed by atoms with van der Waals surface area (Å²) in [5.74, 6) is -0.203. The smallest absolute Gasteiger partial charge is 0.412 e. The van der Waals surface area contributed by atoms with E-state index in [9.17, 15) is 14.7 Å². The number of carbonyl (C=O) groups is 2. The van der Waals surface area contributed by atoms with Crippen LogP contribution in [0.4, 0.5) is 10.5 Å². The molecule has 0 spiro atoms. The van der Waals surface area contributed by atoms with Crippen molar-refractivity contribution in [2.45, 2.75) is 72.3 Å². The van der Waals surface area contributed by atoms with Crippen LogP contribution in [0.15, 0.2) is 16.7 Å². The number of aromatic nitrogens is 2. The Labute approximate surface area is 193 Å². The predicted molar refractivity (Wildman–Crippen MR) is 122 cm³/mol. The van der Waals surface area contributed by atoms with Crippen LogP contribution in [-0.4, -0.2) is 40.0 Å². The quantitative estimate of drug-likeness (QED) is 0.513. The molecule has 1 saturated carbocycles. The molecule has 0 saturated heterocycles. The Morgan fingerprint density at radius 2 is 2.00 bits per heavy atom. The maximum atomic E-state index is 12.3. The molecule has 1 aliphatic rings. The van der Waals surface area contributed by atoms with Crippen LogP contribution in [0, 0.1) is 25.7 Å². The number of ether oxygens (including phenoxy) is 2. The van der Waals surface area contributed by atoms with E-state index in [1.165, 1.54) is 0 Å². The summed E-state index contributed by atoms with van der Waals surface area (Å²) in [7, 11) is 0. The number of amides is 1. The minimum atomic E-state index is -0.753. The highest BCUT2D eigenvalue weighted by Gasteiger charge is 2.31. The Kier molecular flexibility index (Phi) is 8.30. The molecule has 2 aromatic heterocycles. The molecule has 1 fully saturated rings. The van der Waals surface area contributed by atoms with Crippen LogP contribution in [0.5, 0.6) is 5.75 Å². The molecule has 1 aliphatic carbocycles. The van der Waals surface area contributed by atoms with E-state index >= 15 is 0 Å². The highest BCUT2D eigenvalue weighted by Crippen LogP contribution is 2.33. The predicted octanol–water partition coefficient (Wildman–Crippen LogP) is 5.36. The lowest BCUT2D eigenvalue weighted by molar-refractivity contribution is -0.145. The van der Waals surface area contributed by atoms with Gasteiger partial charge in [-0.05, 0) is 52.2 Å². The van der Waals surface area contributed by atoms with E-state index in [1.54, 1.807) is 19.1 Å². The minimum Gasteiger partial charge on any atom is -0.491 e. The van der Waals surface area contributed by atoms with Gasteiger partial charge in [-0.2, -0.15) is 0 Å². The number of carbonyl (C=O) groups excluding carboxylic acids is 1. The molecule has 2 N–H and O–H groups in total. The zero-order valence-corrected chi connectivity index (χ0v) is 19.7. The molecular formula is C24H33N3O6. The van der Waals surface area contributed by atoms with Crippen LogP contribution in [-0.2, 0) is 9.53 Å². The summed E-state index contributed by atoms with van der Waals surface area (Å²) < 4.78 is 16.8. The van der Waals surface area contributed by atoms with Crippen molar-refractivity contribution in [1.82, 2.24) is 10.1 Å². The Hall–Kier alpha value is -3.10. The van der Waals surface area contributed by atoms with Crippen LogP contribution >= 0.6 is 0 Å². The number of rotatable bonds is 9. The van der Waals surface area contributed by atoms with Crippen LogP contribution in [0.1, 0.15) is 63.8 Å². The number of carboxylic acids is 1. The second kappa shape index (κ2) is 11.2. The summed E-state index contributed by atoms with van der Waals surface area (Å²) in [6.07, 6.45) is 4.44. The number of nitrogens with zero attached hydrogens (tertiary/aromatic N) is 2. The molecular weight excluding hydrogens is 426 g/mol. The third-order valence-corrected chi connectivity index (χ3v) is 6.04. The van der Waals surface area contributed by atoms with E-state index in [4.69, 9.17) is 14.0 Å². The first-order valence-corrected chi connectivity index (χ1v) is 11.6. The molecule has 2 aromatic rings. The molecule has 9 nitrogen and oxygen atoms in total. The van der Waals surface area contributed by atoms with Gasteiger partial charge in [-0.1, -0.05) is 31.3 Å². The number of pyridine rings is 1. The van der Waals surface area contributed by atoms with Crippen LogP contribution < -0.4 is 10.1 Å². The average molecular weight is 460 g/mol. The SMILES string of the molecule is CCC[C@@H](C)OC(=O)Nc1c(C)noc1-c1ccc(OC[C@H]2CCCC[C@@H]2C(=O)O)c(C)n1. The van der Waals surface area contributed by atoms with Gasteiger partial charge in [0.05, 0.1) is 18.2 Å². The lowest BCUT2D eigenvalue weighted by Gasteiger charge is -2.28. The monoisotopic (exact) mass is 459 g/mol. The molecule has 2 heterocycles. The maximum Gasteiger partial charge on any atom is 0.412 e. The molecule has 0 bridgehead atoms. The Bertz CT molecular complexity index is 973. The molecule has 9 heteroatoms. The third-order valence-electron chi connectivity index (χ3n) is 6.04. The highest BCUT2D eigenvalue weighted by atomic mass is 16.6. The Balaban J connectivity index is 1.70. The van der Waals surface area contributed by atoms with Crippen molar-refractivity contribution in [3.05, 3.63) is 23.5 Å². The van der Waals surface area contributed by atoms with Crippen molar-refractivity contribution in [3.8, 4) is 17.2 Å². The van der Waals surface area contributed by atoms with E-state index in [1.807, 2.05) is 20.8 Å². The van der Waals surface area contributed by atoms with Gasteiger partial charge in [0, 0.05) is 5.92 Å². The lowest BCUT2D eigenvalue weighted by atomic mass is 9.80. The number of hydrogen-bond acceptors (Lipinski definition) is 7. The third kappa shape index (κ3) is 6.24. The fourth-order valence-electron chi connectivity index (χ4n) is 4.23.